The summed E-state index contributed by atoms with van der Waals surface area (Å²) in [5.41, 5.74) is 3.75. The van der Waals surface area contributed by atoms with Gasteiger partial charge in [-0.1, -0.05) is 24.3 Å². The molecule has 0 saturated heterocycles. The van der Waals surface area contributed by atoms with Gasteiger partial charge in [-0.25, -0.2) is 4.39 Å². The van der Waals surface area contributed by atoms with Crippen LogP contribution in [0.4, 0.5) is 10.1 Å². The van der Waals surface area contributed by atoms with Crippen molar-refractivity contribution in [2.24, 2.45) is 0 Å². The number of hydrogen-bond acceptors (Lipinski definition) is 4. The summed E-state index contributed by atoms with van der Waals surface area (Å²) >= 11 is 0. The van der Waals surface area contributed by atoms with Crippen molar-refractivity contribution >= 4 is 5.69 Å². The van der Waals surface area contributed by atoms with E-state index in [2.05, 4.69) is 41.7 Å². The van der Waals surface area contributed by atoms with Crippen LogP contribution in [0, 0.1) is 0 Å². The molecule has 0 aromatic heterocycles. The molecular formula is C21H28FNO3. The lowest BCUT2D eigenvalue weighted by atomic mass is 10.0. The van der Waals surface area contributed by atoms with E-state index >= 15 is 0 Å². The van der Waals surface area contributed by atoms with E-state index in [-0.39, 0.29) is 6.61 Å². The maximum absolute atomic E-state index is 11.8. The molecule has 142 valence electrons. The minimum atomic E-state index is -0.457. The first-order chi connectivity index (χ1) is 12.8. The molecule has 0 radical (unpaired) electrons. The van der Waals surface area contributed by atoms with E-state index < -0.39 is 6.67 Å². The van der Waals surface area contributed by atoms with Gasteiger partial charge in [0.2, 0.25) is 0 Å². The fourth-order valence-corrected chi connectivity index (χ4v) is 2.47. The van der Waals surface area contributed by atoms with E-state index in [0.29, 0.717) is 26.4 Å². The van der Waals surface area contributed by atoms with Gasteiger partial charge in [0, 0.05) is 12.7 Å². The van der Waals surface area contributed by atoms with Crippen LogP contribution in [0.3, 0.4) is 0 Å². The second kappa shape index (κ2) is 12.3. The molecule has 1 N–H and O–H groups in total. The van der Waals surface area contributed by atoms with Crippen molar-refractivity contribution in [3.63, 3.8) is 0 Å². The summed E-state index contributed by atoms with van der Waals surface area (Å²) in [5.74, 6) is 0.837. The van der Waals surface area contributed by atoms with Gasteiger partial charge in [-0.15, -0.1) is 0 Å². The fourth-order valence-electron chi connectivity index (χ4n) is 2.47. The van der Waals surface area contributed by atoms with Crippen LogP contribution in [0.25, 0.3) is 0 Å². The minimum absolute atomic E-state index is 0.132. The van der Waals surface area contributed by atoms with Crippen LogP contribution in [0.15, 0.2) is 48.5 Å². The average molecular weight is 361 g/mol. The first kappa shape index (κ1) is 20.2. The normalized spacial score (nSPS) is 10.7. The first-order valence-corrected chi connectivity index (χ1v) is 9.01. The second-order valence-electron chi connectivity index (χ2n) is 5.85. The Morgan fingerprint density at radius 3 is 1.85 bits per heavy atom. The highest BCUT2D eigenvalue weighted by atomic mass is 19.1. The van der Waals surface area contributed by atoms with Gasteiger partial charge < -0.3 is 19.5 Å². The largest absolute Gasteiger partial charge is 0.491 e. The summed E-state index contributed by atoms with van der Waals surface area (Å²) in [4.78, 5) is 0. The van der Waals surface area contributed by atoms with Gasteiger partial charge in [0.15, 0.2) is 0 Å². The summed E-state index contributed by atoms with van der Waals surface area (Å²) < 4.78 is 27.8. The SMILES string of the molecule is CNc1ccc(CCc2ccc(OCCOCCOCCF)cc2)cc1. The lowest BCUT2D eigenvalue weighted by Crippen LogP contribution is -2.11. The summed E-state index contributed by atoms with van der Waals surface area (Å²) in [5, 5.41) is 3.13. The third-order valence-corrected chi connectivity index (χ3v) is 3.96. The number of ether oxygens (including phenoxy) is 3. The molecule has 0 fully saturated rings. The molecule has 0 atom stereocenters. The van der Waals surface area contributed by atoms with Crippen LogP contribution in [0.5, 0.6) is 5.75 Å². The van der Waals surface area contributed by atoms with Gasteiger partial charge >= 0.3 is 0 Å². The van der Waals surface area contributed by atoms with Crippen LogP contribution >= 0.6 is 0 Å². The van der Waals surface area contributed by atoms with Crippen molar-refractivity contribution in [2.75, 3.05) is 52.1 Å². The quantitative estimate of drug-likeness (QED) is 0.550. The van der Waals surface area contributed by atoms with E-state index in [1.165, 1.54) is 11.1 Å². The highest BCUT2D eigenvalue weighted by molar-refractivity contribution is 5.44. The second-order valence-corrected chi connectivity index (χ2v) is 5.85. The topological polar surface area (TPSA) is 39.7 Å². The monoisotopic (exact) mass is 361 g/mol. The van der Waals surface area contributed by atoms with E-state index in [1.807, 2.05) is 19.2 Å². The molecule has 0 heterocycles. The highest BCUT2D eigenvalue weighted by Crippen LogP contribution is 2.15. The zero-order chi connectivity index (χ0) is 18.5. The molecule has 0 saturated carbocycles. The Labute approximate surface area is 155 Å². The number of benzene rings is 2. The standard InChI is InChI=1S/C21H28FNO3/c1-23-20-8-4-18(5-9-20)2-3-19-6-10-21(11-7-19)26-17-16-25-15-14-24-13-12-22/h4-11,23H,2-3,12-17H2,1H3. The number of halogens is 1. The number of rotatable bonds is 13. The molecule has 4 nitrogen and oxygen atoms in total. The first-order valence-electron chi connectivity index (χ1n) is 9.01. The Morgan fingerprint density at radius 2 is 1.27 bits per heavy atom. The van der Waals surface area contributed by atoms with Gasteiger partial charge in [-0.05, 0) is 48.2 Å². The van der Waals surface area contributed by atoms with Gasteiger partial charge in [0.1, 0.15) is 19.0 Å². The highest BCUT2D eigenvalue weighted by Gasteiger charge is 1.99. The molecule has 5 heteroatoms. The number of aryl methyl sites for hydroxylation is 2. The maximum Gasteiger partial charge on any atom is 0.119 e. The van der Waals surface area contributed by atoms with Gasteiger partial charge in [0.05, 0.1) is 26.4 Å². The smallest absolute Gasteiger partial charge is 0.119 e. The molecule has 0 bridgehead atoms. The molecular weight excluding hydrogens is 333 g/mol. The molecule has 0 aliphatic rings. The van der Waals surface area contributed by atoms with E-state index in [9.17, 15) is 4.39 Å². The summed E-state index contributed by atoms with van der Waals surface area (Å²) in [6, 6.07) is 16.7. The predicted molar refractivity (Wildman–Crippen MR) is 103 cm³/mol. The third-order valence-electron chi connectivity index (χ3n) is 3.96. The molecule has 0 aliphatic carbocycles. The van der Waals surface area contributed by atoms with Crippen molar-refractivity contribution in [3.8, 4) is 5.75 Å². The van der Waals surface area contributed by atoms with Crippen LogP contribution in [-0.4, -0.2) is 46.8 Å². The number of anilines is 1. The van der Waals surface area contributed by atoms with Gasteiger partial charge in [-0.2, -0.15) is 0 Å². The van der Waals surface area contributed by atoms with Crippen molar-refractivity contribution < 1.29 is 18.6 Å². The molecule has 2 aromatic rings. The molecule has 2 aromatic carbocycles. The average Bonchev–Trinajstić information content (AvgIpc) is 2.69. The molecule has 2 rings (SSSR count). The fraction of sp³-hybridized carbons (Fsp3) is 0.429. The van der Waals surface area contributed by atoms with Crippen LogP contribution in [0.2, 0.25) is 0 Å². The van der Waals surface area contributed by atoms with Crippen LogP contribution in [-0.2, 0) is 22.3 Å². The predicted octanol–water partition coefficient (Wildman–Crippen LogP) is 3.90. The van der Waals surface area contributed by atoms with Crippen molar-refractivity contribution in [1.29, 1.82) is 0 Å². The summed E-state index contributed by atoms with van der Waals surface area (Å²) in [7, 11) is 1.92. The van der Waals surface area contributed by atoms with Crippen LogP contribution in [0.1, 0.15) is 11.1 Å². The molecule has 0 spiro atoms. The van der Waals surface area contributed by atoms with Crippen molar-refractivity contribution in [2.45, 2.75) is 12.8 Å². The van der Waals surface area contributed by atoms with E-state index in [1.54, 1.807) is 0 Å². The lowest BCUT2D eigenvalue weighted by molar-refractivity contribution is 0.0325. The van der Waals surface area contributed by atoms with E-state index in [0.717, 1.165) is 24.3 Å². The van der Waals surface area contributed by atoms with Gasteiger partial charge in [0.25, 0.3) is 0 Å². The Kier molecular flexibility index (Phi) is 9.54. The summed E-state index contributed by atoms with van der Waals surface area (Å²) in [6.07, 6.45) is 2.02. The Balaban J connectivity index is 1.61. The Bertz CT molecular complexity index is 602. The molecule has 26 heavy (non-hydrogen) atoms. The van der Waals surface area contributed by atoms with Gasteiger partial charge in [-0.3, -0.25) is 0 Å². The Hall–Kier alpha value is -2.11. The number of hydrogen-bond donors (Lipinski definition) is 1. The molecule has 0 aliphatic heterocycles. The maximum atomic E-state index is 11.8. The third kappa shape index (κ3) is 7.85. The van der Waals surface area contributed by atoms with Crippen molar-refractivity contribution in [3.05, 3.63) is 59.7 Å². The lowest BCUT2D eigenvalue weighted by Gasteiger charge is -2.08. The molecule has 0 amide bonds. The zero-order valence-electron chi connectivity index (χ0n) is 15.4. The summed E-state index contributed by atoms with van der Waals surface area (Å²) in [6.45, 7) is 1.52. The minimum Gasteiger partial charge on any atom is -0.491 e. The van der Waals surface area contributed by atoms with Crippen molar-refractivity contribution in [1.82, 2.24) is 0 Å². The zero-order valence-corrected chi connectivity index (χ0v) is 15.4. The van der Waals surface area contributed by atoms with Crippen LogP contribution < -0.4 is 10.1 Å². The number of nitrogens with one attached hydrogen (secondary N) is 1. The molecule has 0 unspecified atom stereocenters. The Morgan fingerprint density at radius 1 is 0.731 bits per heavy atom. The van der Waals surface area contributed by atoms with E-state index in [4.69, 9.17) is 14.2 Å². The number of alkyl halides is 1.